The van der Waals surface area contributed by atoms with Crippen LogP contribution in [0.1, 0.15) is 71.1 Å². The van der Waals surface area contributed by atoms with E-state index >= 15 is 0 Å². The Balaban J connectivity index is 1.94. The van der Waals surface area contributed by atoms with Crippen molar-refractivity contribution >= 4 is 82.6 Å². The Kier molecular flexibility index (Phi) is 23.0. The second-order valence-corrected chi connectivity index (χ2v) is 19.1. The summed E-state index contributed by atoms with van der Waals surface area (Å²) in [5, 5.41) is 9.61. The zero-order valence-electron chi connectivity index (χ0n) is 39.4. The number of carbonyl (C=O) groups excluding carboxylic acids is 8. The van der Waals surface area contributed by atoms with Gasteiger partial charge in [0.2, 0.25) is 17.7 Å². The Hall–Kier alpha value is -5.67. The normalized spacial score (nSPS) is 16.0. The van der Waals surface area contributed by atoms with Gasteiger partial charge >= 0.3 is 30.1 Å². The van der Waals surface area contributed by atoms with Crippen LogP contribution in [0, 0.1) is 5.92 Å². The summed E-state index contributed by atoms with van der Waals surface area (Å²) in [5.74, 6) is -6.78. The van der Waals surface area contributed by atoms with Crippen molar-refractivity contribution in [1.82, 2.24) is 26.2 Å². The fraction of sp³-hybridized carbons (Fsp3) is 0.522. The van der Waals surface area contributed by atoms with Gasteiger partial charge in [-0.3, -0.25) is 14.4 Å². The number of alkyl halides is 3. The number of methoxy groups -OCH3 is 2. The van der Waals surface area contributed by atoms with Crippen molar-refractivity contribution < 1.29 is 71.5 Å². The molecule has 1 aliphatic heterocycles. The van der Waals surface area contributed by atoms with E-state index in [9.17, 15) is 38.4 Å². The van der Waals surface area contributed by atoms with E-state index in [1.807, 2.05) is 30.3 Å². The number of benzene rings is 2. The van der Waals surface area contributed by atoms with Crippen LogP contribution in [0.25, 0.3) is 0 Å². The van der Waals surface area contributed by atoms with Crippen LogP contribution in [-0.4, -0.2) is 133 Å². The molecule has 0 radical (unpaired) electrons. The van der Waals surface area contributed by atoms with Crippen LogP contribution in [0.3, 0.4) is 0 Å². The number of ether oxygens (including phenoxy) is 7. The minimum absolute atomic E-state index is 0.0518. The second kappa shape index (κ2) is 27.5. The number of carbonyl (C=O) groups is 8. The maximum atomic E-state index is 14.8. The first kappa shape index (κ1) is 57.6. The summed E-state index contributed by atoms with van der Waals surface area (Å²) in [6.45, 7) is 10.3. The van der Waals surface area contributed by atoms with Gasteiger partial charge in [0.15, 0.2) is 0 Å². The lowest BCUT2D eigenvalue weighted by atomic mass is 9.95. The third-order valence-corrected chi connectivity index (χ3v) is 10.4. The highest BCUT2D eigenvalue weighted by molar-refractivity contribution is 6.75. The van der Waals surface area contributed by atoms with E-state index in [0.29, 0.717) is 30.8 Å². The van der Waals surface area contributed by atoms with Crippen molar-refractivity contribution in [2.75, 3.05) is 40.5 Å². The second-order valence-electron chi connectivity index (χ2n) is 16.8. The Morgan fingerprint density at radius 1 is 0.855 bits per heavy atom. The molecule has 3 rings (SSSR count). The van der Waals surface area contributed by atoms with E-state index in [-0.39, 0.29) is 19.6 Å². The first-order valence-electron chi connectivity index (χ1n) is 21.7. The molecule has 0 spiro atoms. The topological polar surface area (TPSA) is 253 Å². The minimum atomic E-state index is -2.58. The average Bonchev–Trinajstić information content (AvgIpc) is 3.29. The van der Waals surface area contributed by atoms with Crippen LogP contribution >= 0.6 is 34.8 Å². The SMILES string of the molecule is C=CCOC(=O)N[C@@H](C(=O)N[C@H](COC)C(=O)NCC(=O)OC(=O)C(Cl)(Cl)Cl)[C@H](OC(=O)[C@@H]1CCCCN1C(=O)[C@@H](NC(=O)OC(C)(C)C)[C@@H](OC)c1ccc(OCc2ccccc2)cc1)C(C)C. The Labute approximate surface area is 415 Å². The molecular formula is C46H60Cl3N5O15. The number of likely N-dealkylation sites (tertiary alicyclic amines) is 1. The minimum Gasteiger partial charge on any atom is -0.489 e. The lowest BCUT2D eigenvalue weighted by molar-refractivity contribution is -0.167. The molecule has 380 valence electrons. The number of esters is 3. The van der Waals surface area contributed by atoms with Gasteiger partial charge < -0.3 is 59.3 Å². The predicted octanol–water partition coefficient (Wildman–Crippen LogP) is 4.76. The highest BCUT2D eigenvalue weighted by Crippen LogP contribution is 2.30. The number of amides is 5. The molecule has 6 atom stereocenters. The number of nitrogens with one attached hydrogen (secondary N) is 4. The highest BCUT2D eigenvalue weighted by atomic mass is 35.6. The number of nitrogens with zero attached hydrogens (tertiary/aromatic N) is 1. The molecule has 1 heterocycles. The van der Waals surface area contributed by atoms with Gasteiger partial charge in [0.25, 0.3) is 3.79 Å². The van der Waals surface area contributed by atoms with Crippen LogP contribution in [0.5, 0.6) is 5.75 Å². The van der Waals surface area contributed by atoms with Gasteiger partial charge in [-0.1, -0.05) is 104 Å². The maximum absolute atomic E-state index is 14.8. The molecule has 0 saturated carbocycles. The molecule has 1 aliphatic rings. The number of hydrogen-bond acceptors (Lipinski definition) is 15. The fourth-order valence-corrected chi connectivity index (χ4v) is 6.89. The third kappa shape index (κ3) is 19.0. The number of hydrogen-bond donors (Lipinski definition) is 4. The smallest absolute Gasteiger partial charge is 0.408 e. The van der Waals surface area contributed by atoms with E-state index in [1.54, 1.807) is 58.9 Å². The van der Waals surface area contributed by atoms with Crippen LogP contribution in [0.15, 0.2) is 67.3 Å². The van der Waals surface area contributed by atoms with E-state index < -0.39 is 113 Å². The summed E-state index contributed by atoms with van der Waals surface area (Å²) < 4.78 is 35.4. The monoisotopic (exact) mass is 1030 g/mol. The molecular weight excluding hydrogens is 969 g/mol. The molecule has 0 bridgehead atoms. The molecule has 2 aromatic carbocycles. The van der Waals surface area contributed by atoms with E-state index in [0.717, 1.165) is 5.56 Å². The summed E-state index contributed by atoms with van der Waals surface area (Å²) in [7, 11) is 2.57. The van der Waals surface area contributed by atoms with Crippen LogP contribution < -0.4 is 26.0 Å². The average molecular weight is 1030 g/mol. The Bertz CT molecular complexity index is 2080. The molecule has 2 aromatic rings. The molecule has 0 unspecified atom stereocenters. The van der Waals surface area contributed by atoms with Crippen molar-refractivity contribution in [3.8, 4) is 5.75 Å². The zero-order chi connectivity index (χ0) is 51.5. The van der Waals surface area contributed by atoms with Gasteiger partial charge in [0.1, 0.15) is 67.5 Å². The Morgan fingerprint density at radius 3 is 2.09 bits per heavy atom. The number of piperidine rings is 1. The summed E-state index contributed by atoms with van der Waals surface area (Å²) in [6.07, 6.45) is -2.32. The standard InChI is InChI=1S/C46H60Cl3N5O15/c1-9-23-65-43(61)52-34(39(57)51-31(26-63-7)38(56)50-24-33(55)67-42(60)46(47,48)49)36(27(2)3)68-41(59)32-17-13-14-22-54(32)40(58)35(53-44(62)69-45(4,5)6)37(64-8)29-18-20-30(21-19-29)66-25-28-15-11-10-12-16-28/h9-12,15-16,18-21,27,31-32,34-37H,1,13-14,17,22-26H2,2-8H3,(H,50,56)(H,51,57)(H,52,61)(H,53,62)/t31-,32+,34-,35+,36-,37+/m1/s1. The van der Waals surface area contributed by atoms with Crippen LogP contribution in [0.2, 0.25) is 0 Å². The number of halogens is 3. The summed E-state index contributed by atoms with van der Waals surface area (Å²) in [6, 6.07) is 10.3. The molecule has 5 amide bonds. The van der Waals surface area contributed by atoms with Crippen molar-refractivity contribution in [2.45, 2.75) is 106 Å². The molecule has 0 aliphatic carbocycles. The largest absolute Gasteiger partial charge is 0.489 e. The van der Waals surface area contributed by atoms with Crippen molar-refractivity contribution in [1.29, 1.82) is 0 Å². The van der Waals surface area contributed by atoms with Crippen molar-refractivity contribution in [2.24, 2.45) is 5.92 Å². The predicted molar refractivity (Wildman–Crippen MR) is 251 cm³/mol. The molecule has 4 N–H and O–H groups in total. The Morgan fingerprint density at radius 2 is 1.51 bits per heavy atom. The van der Waals surface area contributed by atoms with Crippen molar-refractivity contribution in [3.63, 3.8) is 0 Å². The number of rotatable bonds is 22. The third-order valence-electron chi connectivity index (χ3n) is 9.95. The van der Waals surface area contributed by atoms with Crippen molar-refractivity contribution in [3.05, 3.63) is 78.4 Å². The molecule has 0 aromatic heterocycles. The van der Waals surface area contributed by atoms with Crippen LogP contribution in [-0.2, 0) is 63.8 Å². The quantitative estimate of drug-likeness (QED) is 0.0408. The van der Waals surface area contributed by atoms with Gasteiger partial charge in [0.05, 0.1) is 6.61 Å². The first-order valence-corrected chi connectivity index (χ1v) is 22.9. The van der Waals surface area contributed by atoms with Gasteiger partial charge in [-0.25, -0.2) is 24.0 Å². The van der Waals surface area contributed by atoms with Gasteiger partial charge in [-0.2, -0.15) is 0 Å². The van der Waals surface area contributed by atoms with Crippen LogP contribution in [0.4, 0.5) is 9.59 Å². The van der Waals surface area contributed by atoms with Gasteiger partial charge in [0, 0.05) is 20.8 Å². The molecule has 23 heteroatoms. The van der Waals surface area contributed by atoms with Gasteiger partial charge in [-0.15, -0.1) is 0 Å². The first-order chi connectivity index (χ1) is 32.5. The van der Waals surface area contributed by atoms with E-state index in [4.69, 9.17) is 63.2 Å². The van der Waals surface area contributed by atoms with E-state index in [1.165, 1.54) is 25.2 Å². The molecule has 20 nitrogen and oxygen atoms in total. The maximum Gasteiger partial charge on any atom is 0.408 e. The summed E-state index contributed by atoms with van der Waals surface area (Å²) in [5.41, 5.74) is 0.482. The zero-order valence-corrected chi connectivity index (χ0v) is 41.7. The molecule has 1 saturated heterocycles. The van der Waals surface area contributed by atoms with Gasteiger partial charge in [-0.05, 0) is 69.2 Å². The number of alkyl carbamates (subject to hydrolysis) is 2. The molecule has 69 heavy (non-hydrogen) atoms. The summed E-state index contributed by atoms with van der Waals surface area (Å²) in [4.78, 5) is 108. The lowest BCUT2D eigenvalue weighted by Crippen LogP contribution is -2.61. The van der Waals surface area contributed by atoms with E-state index in [2.05, 4.69) is 32.6 Å². The summed E-state index contributed by atoms with van der Waals surface area (Å²) >= 11 is 16.3. The molecule has 1 fully saturated rings. The fourth-order valence-electron chi connectivity index (χ4n) is 6.77. The highest BCUT2D eigenvalue weighted by Gasteiger charge is 2.44. The lowest BCUT2D eigenvalue weighted by Gasteiger charge is -2.39.